The van der Waals surface area contributed by atoms with Crippen LogP contribution >= 0.6 is 0 Å². The SMILES string of the molecule is Cc1noc([C@@H](C)NC(=O)[C@H]2COCC(=O)N2Cc2ccccc2)n1. The molecule has 3 rings (SSSR count). The van der Waals surface area contributed by atoms with Gasteiger partial charge in [-0.3, -0.25) is 9.59 Å². The van der Waals surface area contributed by atoms with Gasteiger partial charge < -0.3 is 19.5 Å². The zero-order valence-corrected chi connectivity index (χ0v) is 14.1. The third-order valence-electron chi connectivity index (χ3n) is 3.97. The third-order valence-corrected chi connectivity index (χ3v) is 3.97. The first-order chi connectivity index (χ1) is 12.0. The van der Waals surface area contributed by atoms with Gasteiger partial charge in [-0.15, -0.1) is 0 Å². The van der Waals surface area contributed by atoms with E-state index in [-0.39, 0.29) is 25.0 Å². The molecule has 1 aliphatic heterocycles. The minimum atomic E-state index is -0.701. The van der Waals surface area contributed by atoms with E-state index < -0.39 is 12.1 Å². The van der Waals surface area contributed by atoms with Crippen LogP contribution in [0.5, 0.6) is 0 Å². The van der Waals surface area contributed by atoms with Gasteiger partial charge in [-0.1, -0.05) is 35.5 Å². The van der Waals surface area contributed by atoms with Crippen LogP contribution < -0.4 is 5.32 Å². The number of aromatic nitrogens is 2. The van der Waals surface area contributed by atoms with E-state index in [0.29, 0.717) is 18.3 Å². The van der Waals surface area contributed by atoms with Crippen LogP contribution in [0.1, 0.15) is 30.2 Å². The molecule has 1 aromatic heterocycles. The van der Waals surface area contributed by atoms with Crippen LogP contribution in [-0.2, 0) is 20.9 Å². The Bertz CT molecular complexity index is 746. The number of carbonyl (C=O) groups is 2. The predicted octanol–water partition coefficient (Wildman–Crippen LogP) is 0.983. The molecule has 2 heterocycles. The molecule has 0 saturated carbocycles. The largest absolute Gasteiger partial charge is 0.369 e. The highest BCUT2D eigenvalue weighted by atomic mass is 16.5. The summed E-state index contributed by atoms with van der Waals surface area (Å²) < 4.78 is 10.3. The molecular weight excluding hydrogens is 324 g/mol. The molecular formula is C17H20N4O4. The number of morpholine rings is 1. The Balaban J connectivity index is 1.71. The number of rotatable bonds is 5. The van der Waals surface area contributed by atoms with Crippen molar-refractivity contribution in [1.29, 1.82) is 0 Å². The van der Waals surface area contributed by atoms with Crippen LogP contribution in [0, 0.1) is 6.92 Å². The second-order valence-electron chi connectivity index (χ2n) is 5.95. The molecule has 0 bridgehead atoms. The van der Waals surface area contributed by atoms with E-state index in [1.54, 1.807) is 18.7 Å². The van der Waals surface area contributed by atoms with Crippen LogP contribution in [-0.4, -0.2) is 46.1 Å². The Morgan fingerprint density at radius 1 is 1.40 bits per heavy atom. The Kier molecular flexibility index (Phi) is 5.08. The first-order valence-corrected chi connectivity index (χ1v) is 8.06. The van der Waals surface area contributed by atoms with Crippen molar-refractivity contribution in [3.63, 3.8) is 0 Å². The van der Waals surface area contributed by atoms with Crippen LogP contribution in [0.15, 0.2) is 34.9 Å². The number of nitrogens with zero attached hydrogens (tertiary/aromatic N) is 3. The molecule has 2 amide bonds. The van der Waals surface area contributed by atoms with Gasteiger partial charge in [0.15, 0.2) is 5.82 Å². The molecule has 25 heavy (non-hydrogen) atoms. The molecule has 0 aliphatic carbocycles. The van der Waals surface area contributed by atoms with E-state index in [4.69, 9.17) is 9.26 Å². The summed E-state index contributed by atoms with van der Waals surface area (Å²) in [6.45, 7) is 3.94. The summed E-state index contributed by atoms with van der Waals surface area (Å²) >= 11 is 0. The summed E-state index contributed by atoms with van der Waals surface area (Å²) in [6, 6.07) is 8.38. The summed E-state index contributed by atoms with van der Waals surface area (Å²) in [5.74, 6) is 0.297. The quantitative estimate of drug-likeness (QED) is 0.868. The van der Waals surface area contributed by atoms with Crippen molar-refractivity contribution in [2.75, 3.05) is 13.2 Å². The van der Waals surface area contributed by atoms with E-state index in [0.717, 1.165) is 5.56 Å². The second-order valence-corrected chi connectivity index (χ2v) is 5.95. The number of aryl methyl sites for hydroxylation is 1. The summed E-state index contributed by atoms with van der Waals surface area (Å²) in [7, 11) is 0. The van der Waals surface area contributed by atoms with E-state index in [2.05, 4.69) is 15.5 Å². The number of amides is 2. The van der Waals surface area contributed by atoms with Crippen molar-refractivity contribution >= 4 is 11.8 Å². The van der Waals surface area contributed by atoms with Crippen LogP contribution in [0.25, 0.3) is 0 Å². The normalized spacial score (nSPS) is 18.9. The lowest BCUT2D eigenvalue weighted by Gasteiger charge is -2.34. The zero-order valence-electron chi connectivity index (χ0n) is 14.1. The van der Waals surface area contributed by atoms with Gasteiger partial charge in [-0.05, 0) is 19.4 Å². The monoisotopic (exact) mass is 344 g/mol. The highest BCUT2D eigenvalue weighted by molar-refractivity contribution is 5.89. The number of hydrogen-bond donors (Lipinski definition) is 1. The Labute approximate surface area is 145 Å². The molecule has 0 spiro atoms. The molecule has 1 saturated heterocycles. The van der Waals surface area contributed by atoms with Gasteiger partial charge in [0.05, 0.1) is 6.61 Å². The van der Waals surface area contributed by atoms with E-state index in [1.807, 2.05) is 30.3 Å². The van der Waals surface area contributed by atoms with E-state index in [1.165, 1.54) is 0 Å². The topological polar surface area (TPSA) is 97.6 Å². The molecule has 2 aromatic rings. The highest BCUT2D eigenvalue weighted by Gasteiger charge is 2.35. The van der Waals surface area contributed by atoms with Crippen LogP contribution in [0.2, 0.25) is 0 Å². The average Bonchev–Trinajstić information content (AvgIpc) is 3.04. The number of ether oxygens (including phenoxy) is 1. The standard InChI is InChI=1S/C17H20N4O4/c1-11(17-19-12(2)20-25-17)18-16(23)14-9-24-10-15(22)21(14)8-13-6-4-3-5-7-13/h3-7,11,14H,8-10H2,1-2H3,(H,18,23)/t11-,14-/m1/s1. The zero-order chi connectivity index (χ0) is 17.8. The van der Waals surface area contributed by atoms with Gasteiger partial charge in [0.1, 0.15) is 18.7 Å². The Hall–Kier alpha value is -2.74. The molecule has 2 atom stereocenters. The van der Waals surface area contributed by atoms with Crippen molar-refractivity contribution in [3.8, 4) is 0 Å². The van der Waals surface area contributed by atoms with E-state index in [9.17, 15) is 9.59 Å². The molecule has 8 nitrogen and oxygen atoms in total. The fourth-order valence-corrected chi connectivity index (χ4v) is 2.66. The lowest BCUT2D eigenvalue weighted by Crippen LogP contribution is -2.56. The number of hydrogen-bond acceptors (Lipinski definition) is 6. The Morgan fingerprint density at radius 3 is 2.84 bits per heavy atom. The minimum Gasteiger partial charge on any atom is -0.369 e. The van der Waals surface area contributed by atoms with Crippen molar-refractivity contribution in [2.24, 2.45) is 0 Å². The summed E-state index contributed by atoms with van der Waals surface area (Å²) in [6.07, 6.45) is 0. The lowest BCUT2D eigenvalue weighted by molar-refractivity contribution is -0.156. The summed E-state index contributed by atoms with van der Waals surface area (Å²) in [4.78, 5) is 30.6. The smallest absolute Gasteiger partial charge is 0.249 e. The second kappa shape index (κ2) is 7.43. The molecule has 1 N–H and O–H groups in total. The first-order valence-electron chi connectivity index (χ1n) is 8.06. The fraction of sp³-hybridized carbons (Fsp3) is 0.412. The van der Waals surface area contributed by atoms with Gasteiger partial charge in [-0.25, -0.2) is 0 Å². The van der Waals surface area contributed by atoms with Gasteiger partial charge in [-0.2, -0.15) is 4.98 Å². The van der Waals surface area contributed by atoms with Gasteiger partial charge >= 0.3 is 0 Å². The molecule has 1 fully saturated rings. The van der Waals surface area contributed by atoms with Crippen LogP contribution in [0.4, 0.5) is 0 Å². The molecule has 0 radical (unpaired) electrons. The number of carbonyl (C=O) groups excluding carboxylic acids is 2. The van der Waals surface area contributed by atoms with Gasteiger partial charge in [0.2, 0.25) is 17.7 Å². The molecule has 0 unspecified atom stereocenters. The maximum Gasteiger partial charge on any atom is 0.249 e. The fourth-order valence-electron chi connectivity index (χ4n) is 2.66. The predicted molar refractivity (Wildman–Crippen MR) is 87.2 cm³/mol. The average molecular weight is 344 g/mol. The van der Waals surface area contributed by atoms with E-state index >= 15 is 0 Å². The minimum absolute atomic E-state index is 0.0188. The van der Waals surface area contributed by atoms with Crippen molar-refractivity contribution in [3.05, 3.63) is 47.6 Å². The Morgan fingerprint density at radius 2 is 2.16 bits per heavy atom. The highest BCUT2D eigenvalue weighted by Crippen LogP contribution is 2.16. The lowest BCUT2D eigenvalue weighted by atomic mass is 10.1. The van der Waals surface area contributed by atoms with Crippen LogP contribution in [0.3, 0.4) is 0 Å². The number of benzene rings is 1. The maximum absolute atomic E-state index is 12.7. The maximum atomic E-state index is 12.7. The van der Waals surface area contributed by atoms with Crippen molar-refractivity contribution in [2.45, 2.75) is 32.5 Å². The van der Waals surface area contributed by atoms with Gasteiger partial charge in [0.25, 0.3) is 0 Å². The summed E-state index contributed by atoms with van der Waals surface area (Å²) in [5, 5.41) is 6.52. The van der Waals surface area contributed by atoms with Crippen molar-refractivity contribution < 1.29 is 18.8 Å². The molecule has 132 valence electrons. The third kappa shape index (κ3) is 4.03. The molecule has 1 aromatic carbocycles. The van der Waals surface area contributed by atoms with Crippen molar-refractivity contribution in [1.82, 2.24) is 20.4 Å². The van der Waals surface area contributed by atoms with Gasteiger partial charge in [0, 0.05) is 6.54 Å². The number of nitrogens with one attached hydrogen (secondary N) is 1. The first kappa shape index (κ1) is 17.1. The molecule has 1 aliphatic rings. The molecule has 8 heteroatoms. The summed E-state index contributed by atoms with van der Waals surface area (Å²) in [5.41, 5.74) is 0.955.